The summed E-state index contributed by atoms with van der Waals surface area (Å²) in [6.45, 7) is 5.09. The SMILES string of the molecule is CCB(O)O.CN.O=C(O)C1CCCCC1CN1CCCCC1. The van der Waals surface area contributed by atoms with Crippen LogP contribution in [0.3, 0.4) is 0 Å². The zero-order valence-corrected chi connectivity index (χ0v) is 14.8. The third-order valence-electron chi connectivity index (χ3n) is 4.53. The predicted molar refractivity (Wildman–Crippen MR) is 94.2 cm³/mol. The number of likely N-dealkylation sites (tertiary alicyclic amines) is 1. The number of nitrogens with two attached hydrogens (primary N) is 1. The van der Waals surface area contributed by atoms with E-state index in [-0.39, 0.29) is 5.92 Å². The topological polar surface area (TPSA) is 107 Å². The van der Waals surface area contributed by atoms with Gasteiger partial charge in [-0.25, -0.2) is 0 Å². The molecule has 2 fully saturated rings. The van der Waals surface area contributed by atoms with Crippen molar-refractivity contribution < 1.29 is 19.9 Å². The molecule has 1 aliphatic heterocycles. The highest BCUT2D eigenvalue weighted by atomic mass is 16.4. The second kappa shape index (κ2) is 13.8. The number of hydrogen-bond donors (Lipinski definition) is 4. The third kappa shape index (κ3) is 9.97. The lowest BCUT2D eigenvalue weighted by molar-refractivity contribution is -0.145. The summed E-state index contributed by atoms with van der Waals surface area (Å²) in [7, 11) is 0.384. The van der Waals surface area contributed by atoms with E-state index in [1.54, 1.807) is 6.92 Å². The fourth-order valence-corrected chi connectivity index (χ4v) is 3.22. The van der Waals surface area contributed by atoms with Crippen molar-refractivity contribution in [2.75, 3.05) is 26.7 Å². The molecule has 1 aliphatic carbocycles. The first kappa shape index (κ1) is 22.4. The Morgan fingerprint density at radius 1 is 1.09 bits per heavy atom. The molecule has 2 unspecified atom stereocenters. The molecule has 2 aliphatic rings. The minimum absolute atomic E-state index is 0.0734. The first-order valence-corrected chi connectivity index (χ1v) is 8.93. The summed E-state index contributed by atoms with van der Waals surface area (Å²) in [6.07, 6.45) is 8.70. The quantitative estimate of drug-likeness (QED) is 0.581. The zero-order chi connectivity index (χ0) is 17.7. The maximum atomic E-state index is 11.2. The number of rotatable bonds is 4. The van der Waals surface area contributed by atoms with Gasteiger partial charge in [-0.05, 0) is 58.1 Å². The van der Waals surface area contributed by atoms with E-state index in [0.717, 1.165) is 25.8 Å². The molecule has 0 aromatic rings. The molecule has 6 nitrogen and oxygen atoms in total. The Morgan fingerprint density at radius 2 is 1.61 bits per heavy atom. The summed E-state index contributed by atoms with van der Waals surface area (Å²) in [5.74, 6) is -0.235. The normalized spacial score (nSPS) is 24.6. The van der Waals surface area contributed by atoms with Gasteiger partial charge in [-0.15, -0.1) is 0 Å². The molecule has 0 spiro atoms. The Labute approximate surface area is 141 Å². The van der Waals surface area contributed by atoms with Gasteiger partial charge in [0, 0.05) is 6.54 Å². The average Bonchev–Trinajstić information content (AvgIpc) is 2.58. The van der Waals surface area contributed by atoms with Crippen LogP contribution in [0.5, 0.6) is 0 Å². The van der Waals surface area contributed by atoms with Gasteiger partial charge in [-0.3, -0.25) is 4.79 Å². The highest BCUT2D eigenvalue weighted by Crippen LogP contribution is 2.31. The zero-order valence-electron chi connectivity index (χ0n) is 14.8. The Kier molecular flexibility index (Phi) is 13.4. The highest BCUT2D eigenvalue weighted by Gasteiger charge is 2.31. The van der Waals surface area contributed by atoms with Crippen LogP contribution in [0.25, 0.3) is 0 Å². The summed E-state index contributed by atoms with van der Waals surface area (Å²) in [6, 6.07) is 0. The van der Waals surface area contributed by atoms with Crippen molar-refractivity contribution in [3.8, 4) is 0 Å². The lowest BCUT2D eigenvalue weighted by atomic mass is 9.79. The monoisotopic (exact) mass is 330 g/mol. The maximum absolute atomic E-state index is 11.2. The molecule has 0 bridgehead atoms. The fraction of sp³-hybridized carbons (Fsp3) is 0.938. The summed E-state index contributed by atoms with van der Waals surface area (Å²) in [5.41, 5.74) is 4.50. The first-order chi connectivity index (χ1) is 11.0. The van der Waals surface area contributed by atoms with E-state index in [2.05, 4.69) is 10.6 Å². The molecule has 0 radical (unpaired) electrons. The summed E-state index contributed by atoms with van der Waals surface area (Å²) >= 11 is 0. The van der Waals surface area contributed by atoms with E-state index >= 15 is 0 Å². The van der Waals surface area contributed by atoms with Crippen molar-refractivity contribution in [3.05, 3.63) is 0 Å². The average molecular weight is 330 g/mol. The van der Waals surface area contributed by atoms with E-state index < -0.39 is 13.1 Å². The van der Waals surface area contributed by atoms with E-state index in [1.807, 2.05) is 0 Å². The van der Waals surface area contributed by atoms with Crippen molar-refractivity contribution in [1.82, 2.24) is 4.90 Å². The number of carboxylic acid groups (broad SMARTS) is 1. The van der Waals surface area contributed by atoms with E-state index in [9.17, 15) is 9.90 Å². The van der Waals surface area contributed by atoms with Crippen molar-refractivity contribution >= 4 is 13.1 Å². The fourth-order valence-electron chi connectivity index (χ4n) is 3.22. The molecule has 2 rings (SSSR count). The van der Waals surface area contributed by atoms with E-state index in [0.29, 0.717) is 12.2 Å². The van der Waals surface area contributed by atoms with Crippen LogP contribution in [0.2, 0.25) is 6.32 Å². The standard InChI is InChI=1S/C13H23NO2.C2H7BO2.CH5N/c15-13(16)12-7-3-2-6-11(12)10-14-8-4-1-5-9-14;1-2-3(4)5;1-2/h11-12H,1-10H2,(H,15,16);4-5H,2H2,1H3;2H2,1H3. The second-order valence-electron chi connectivity index (χ2n) is 6.24. The van der Waals surface area contributed by atoms with Gasteiger partial charge in [0.1, 0.15) is 0 Å². The number of carbonyl (C=O) groups is 1. The molecule has 0 aromatic heterocycles. The van der Waals surface area contributed by atoms with Crippen molar-refractivity contribution in [2.45, 2.75) is 58.2 Å². The molecular weight excluding hydrogens is 295 g/mol. The minimum Gasteiger partial charge on any atom is -0.481 e. The molecule has 0 aromatic carbocycles. The molecule has 7 heteroatoms. The number of carboxylic acids is 1. The van der Waals surface area contributed by atoms with Crippen LogP contribution in [-0.4, -0.2) is 59.8 Å². The van der Waals surface area contributed by atoms with Gasteiger partial charge in [0.05, 0.1) is 5.92 Å². The lowest BCUT2D eigenvalue weighted by Crippen LogP contribution is -2.39. The van der Waals surface area contributed by atoms with E-state index in [4.69, 9.17) is 10.0 Å². The van der Waals surface area contributed by atoms with Crippen LogP contribution in [0.1, 0.15) is 51.9 Å². The molecular formula is C16H35BN2O4. The minimum atomic E-state index is -1.12. The van der Waals surface area contributed by atoms with Gasteiger partial charge in [-0.2, -0.15) is 0 Å². The molecule has 2 atom stereocenters. The first-order valence-electron chi connectivity index (χ1n) is 8.93. The van der Waals surface area contributed by atoms with Crippen LogP contribution in [0.15, 0.2) is 0 Å². The molecule has 1 heterocycles. The van der Waals surface area contributed by atoms with Crippen LogP contribution in [-0.2, 0) is 4.79 Å². The van der Waals surface area contributed by atoms with Gasteiger partial charge in [0.2, 0.25) is 0 Å². The molecule has 1 saturated carbocycles. The number of hydrogen-bond acceptors (Lipinski definition) is 5. The van der Waals surface area contributed by atoms with Gasteiger partial charge in [0.15, 0.2) is 0 Å². The predicted octanol–water partition coefficient (Wildman–Crippen LogP) is 1.42. The van der Waals surface area contributed by atoms with Crippen molar-refractivity contribution in [3.63, 3.8) is 0 Å². The number of nitrogens with zero attached hydrogens (tertiary/aromatic N) is 1. The third-order valence-corrected chi connectivity index (χ3v) is 4.53. The molecule has 136 valence electrons. The summed E-state index contributed by atoms with van der Waals surface area (Å²) in [5, 5.41) is 25.1. The Morgan fingerprint density at radius 3 is 2.09 bits per heavy atom. The molecule has 5 N–H and O–H groups in total. The molecule has 0 amide bonds. The maximum Gasteiger partial charge on any atom is 0.451 e. The molecule has 23 heavy (non-hydrogen) atoms. The smallest absolute Gasteiger partial charge is 0.451 e. The second-order valence-corrected chi connectivity index (χ2v) is 6.24. The van der Waals surface area contributed by atoms with Gasteiger partial charge >= 0.3 is 13.1 Å². The van der Waals surface area contributed by atoms with E-state index in [1.165, 1.54) is 45.8 Å². The highest BCUT2D eigenvalue weighted by molar-refractivity contribution is 6.40. The van der Waals surface area contributed by atoms with Crippen LogP contribution in [0.4, 0.5) is 0 Å². The summed E-state index contributed by atoms with van der Waals surface area (Å²) in [4.78, 5) is 13.7. The Balaban J connectivity index is 0.000000594. The van der Waals surface area contributed by atoms with Gasteiger partial charge in [-0.1, -0.05) is 26.2 Å². The van der Waals surface area contributed by atoms with Crippen LogP contribution >= 0.6 is 0 Å². The Hall–Kier alpha value is -0.625. The number of piperidine rings is 1. The van der Waals surface area contributed by atoms with Gasteiger partial charge < -0.3 is 25.8 Å². The molecule has 1 saturated heterocycles. The van der Waals surface area contributed by atoms with Crippen LogP contribution < -0.4 is 5.73 Å². The van der Waals surface area contributed by atoms with Crippen molar-refractivity contribution in [2.24, 2.45) is 17.6 Å². The van der Waals surface area contributed by atoms with Crippen LogP contribution in [0, 0.1) is 11.8 Å². The van der Waals surface area contributed by atoms with Crippen molar-refractivity contribution in [1.29, 1.82) is 0 Å². The number of aliphatic carboxylic acids is 1. The lowest BCUT2D eigenvalue weighted by Gasteiger charge is -2.35. The van der Waals surface area contributed by atoms with Gasteiger partial charge in [0.25, 0.3) is 0 Å². The largest absolute Gasteiger partial charge is 0.481 e. The summed E-state index contributed by atoms with van der Waals surface area (Å²) < 4.78 is 0. The Bertz CT molecular complexity index is 300.